The summed E-state index contributed by atoms with van der Waals surface area (Å²) in [4.78, 5) is 14.3. The molecule has 1 atom stereocenters. The van der Waals surface area contributed by atoms with E-state index in [1.807, 2.05) is 12.1 Å². The van der Waals surface area contributed by atoms with E-state index in [2.05, 4.69) is 18.2 Å². The van der Waals surface area contributed by atoms with Gasteiger partial charge in [-0.25, -0.2) is 0 Å². The second-order valence-corrected chi connectivity index (χ2v) is 5.63. The van der Waals surface area contributed by atoms with Crippen molar-refractivity contribution in [2.45, 2.75) is 19.3 Å². The number of anilines is 1. The lowest BCUT2D eigenvalue weighted by Crippen LogP contribution is -2.35. The van der Waals surface area contributed by atoms with E-state index in [-0.39, 0.29) is 17.6 Å². The van der Waals surface area contributed by atoms with Crippen LogP contribution in [0.1, 0.15) is 17.5 Å². The smallest absolute Gasteiger partial charge is 0.230 e. The zero-order valence-corrected chi connectivity index (χ0v) is 12.1. The Morgan fingerprint density at radius 1 is 1.14 bits per heavy atom. The van der Waals surface area contributed by atoms with Crippen LogP contribution in [0, 0.1) is 5.92 Å². The van der Waals surface area contributed by atoms with Crippen molar-refractivity contribution in [1.29, 1.82) is 0 Å². The Balaban J connectivity index is 1.77. The van der Waals surface area contributed by atoms with Crippen LogP contribution in [0.5, 0.6) is 5.75 Å². The number of hydrogen-bond acceptors (Lipinski definition) is 2. The SMILES string of the molecule is CN(C(=O)C1CCc2ccccc2C1)c1cccc(O)c1. The Bertz CT molecular complexity index is 666. The molecule has 0 fully saturated rings. The molecule has 1 unspecified atom stereocenters. The highest BCUT2D eigenvalue weighted by Crippen LogP contribution is 2.28. The van der Waals surface area contributed by atoms with Gasteiger partial charge in [0, 0.05) is 24.7 Å². The Kier molecular flexibility index (Phi) is 3.65. The van der Waals surface area contributed by atoms with Crippen molar-refractivity contribution >= 4 is 11.6 Å². The number of fused-ring (bicyclic) bond motifs is 1. The summed E-state index contributed by atoms with van der Waals surface area (Å²) in [6, 6.07) is 15.2. The number of aryl methyl sites for hydroxylation is 1. The van der Waals surface area contributed by atoms with Crippen LogP contribution >= 0.6 is 0 Å². The van der Waals surface area contributed by atoms with Crippen LogP contribution in [-0.4, -0.2) is 18.1 Å². The average Bonchev–Trinajstić information content (AvgIpc) is 2.53. The van der Waals surface area contributed by atoms with E-state index < -0.39 is 0 Å². The maximum Gasteiger partial charge on any atom is 0.230 e. The largest absolute Gasteiger partial charge is 0.508 e. The van der Waals surface area contributed by atoms with Crippen molar-refractivity contribution in [3.05, 3.63) is 59.7 Å². The molecular weight excluding hydrogens is 262 g/mol. The average molecular weight is 281 g/mol. The lowest BCUT2D eigenvalue weighted by molar-refractivity contribution is -0.122. The molecular formula is C18H19NO2. The second kappa shape index (κ2) is 5.60. The molecule has 2 aromatic carbocycles. The molecule has 3 rings (SSSR count). The van der Waals surface area contributed by atoms with Crippen LogP contribution in [0.3, 0.4) is 0 Å². The molecule has 21 heavy (non-hydrogen) atoms. The van der Waals surface area contributed by atoms with Crippen molar-refractivity contribution < 1.29 is 9.90 Å². The van der Waals surface area contributed by atoms with Crippen molar-refractivity contribution in [1.82, 2.24) is 0 Å². The highest BCUT2D eigenvalue weighted by molar-refractivity contribution is 5.95. The minimum atomic E-state index is 0.0206. The first-order chi connectivity index (χ1) is 10.1. The molecule has 0 spiro atoms. The summed E-state index contributed by atoms with van der Waals surface area (Å²) in [5, 5.41) is 9.55. The van der Waals surface area contributed by atoms with Crippen LogP contribution in [-0.2, 0) is 17.6 Å². The number of benzene rings is 2. The van der Waals surface area contributed by atoms with E-state index in [9.17, 15) is 9.90 Å². The molecule has 3 nitrogen and oxygen atoms in total. The summed E-state index contributed by atoms with van der Waals surface area (Å²) < 4.78 is 0. The summed E-state index contributed by atoms with van der Waals surface area (Å²) >= 11 is 0. The van der Waals surface area contributed by atoms with Gasteiger partial charge in [0.2, 0.25) is 5.91 Å². The number of carbonyl (C=O) groups excluding carboxylic acids is 1. The van der Waals surface area contributed by atoms with Gasteiger partial charge in [0.15, 0.2) is 0 Å². The fourth-order valence-corrected chi connectivity index (χ4v) is 3.01. The number of amides is 1. The van der Waals surface area contributed by atoms with Crippen LogP contribution in [0.2, 0.25) is 0 Å². The molecule has 0 aromatic heterocycles. The van der Waals surface area contributed by atoms with Crippen LogP contribution in [0.15, 0.2) is 48.5 Å². The molecule has 0 bridgehead atoms. The number of aromatic hydroxyl groups is 1. The maximum absolute atomic E-state index is 12.7. The monoisotopic (exact) mass is 281 g/mol. The number of nitrogens with zero attached hydrogens (tertiary/aromatic N) is 1. The molecule has 1 aliphatic carbocycles. The molecule has 2 aromatic rings. The van der Waals surface area contributed by atoms with Crippen molar-refractivity contribution in [3.8, 4) is 5.75 Å². The van der Waals surface area contributed by atoms with Gasteiger partial charge in [0.1, 0.15) is 5.75 Å². The van der Waals surface area contributed by atoms with Gasteiger partial charge in [-0.15, -0.1) is 0 Å². The molecule has 0 aliphatic heterocycles. The number of hydrogen-bond donors (Lipinski definition) is 1. The van der Waals surface area contributed by atoms with E-state index in [0.29, 0.717) is 0 Å². The van der Waals surface area contributed by atoms with E-state index in [1.54, 1.807) is 30.1 Å². The first-order valence-corrected chi connectivity index (χ1v) is 7.28. The van der Waals surface area contributed by atoms with Gasteiger partial charge < -0.3 is 10.0 Å². The normalized spacial score (nSPS) is 17.1. The summed E-state index contributed by atoms with van der Waals surface area (Å²) in [6.07, 6.45) is 2.65. The van der Waals surface area contributed by atoms with Crippen molar-refractivity contribution in [3.63, 3.8) is 0 Å². The summed E-state index contributed by atoms with van der Waals surface area (Å²) in [7, 11) is 1.78. The first kappa shape index (κ1) is 13.7. The third kappa shape index (κ3) is 2.77. The summed E-state index contributed by atoms with van der Waals surface area (Å²) in [6.45, 7) is 0. The summed E-state index contributed by atoms with van der Waals surface area (Å²) in [5.41, 5.74) is 3.38. The zero-order valence-electron chi connectivity index (χ0n) is 12.1. The van der Waals surface area contributed by atoms with Crippen LogP contribution in [0.25, 0.3) is 0 Å². The maximum atomic E-state index is 12.7. The van der Waals surface area contributed by atoms with Gasteiger partial charge >= 0.3 is 0 Å². The predicted molar refractivity (Wildman–Crippen MR) is 83.5 cm³/mol. The molecule has 0 heterocycles. The summed E-state index contributed by atoms with van der Waals surface area (Å²) in [5.74, 6) is 0.323. The standard InChI is InChI=1S/C18H19NO2/c1-19(16-7-4-8-17(20)12-16)18(21)15-10-9-13-5-2-3-6-14(13)11-15/h2-8,12,15,20H,9-11H2,1H3. The van der Waals surface area contributed by atoms with E-state index in [4.69, 9.17) is 0 Å². The lowest BCUT2D eigenvalue weighted by atomic mass is 9.83. The van der Waals surface area contributed by atoms with Gasteiger partial charge in [0.25, 0.3) is 0 Å². The lowest BCUT2D eigenvalue weighted by Gasteiger charge is -2.28. The van der Waals surface area contributed by atoms with Gasteiger partial charge in [0.05, 0.1) is 0 Å². The number of phenols is 1. The molecule has 0 saturated heterocycles. The molecule has 0 saturated carbocycles. The van der Waals surface area contributed by atoms with Gasteiger partial charge in [-0.1, -0.05) is 30.3 Å². The van der Waals surface area contributed by atoms with Crippen molar-refractivity contribution in [2.75, 3.05) is 11.9 Å². The molecule has 3 heteroatoms. The van der Waals surface area contributed by atoms with Crippen LogP contribution in [0.4, 0.5) is 5.69 Å². The fraction of sp³-hybridized carbons (Fsp3) is 0.278. The predicted octanol–water partition coefficient (Wildman–Crippen LogP) is 3.16. The van der Waals surface area contributed by atoms with Gasteiger partial charge in [-0.05, 0) is 42.5 Å². The molecule has 1 aliphatic rings. The zero-order chi connectivity index (χ0) is 14.8. The third-order valence-electron chi connectivity index (χ3n) is 4.24. The fourth-order valence-electron chi connectivity index (χ4n) is 3.01. The van der Waals surface area contributed by atoms with Crippen molar-refractivity contribution in [2.24, 2.45) is 5.92 Å². The van der Waals surface area contributed by atoms with Gasteiger partial charge in [-0.3, -0.25) is 4.79 Å². The van der Waals surface area contributed by atoms with Crippen LogP contribution < -0.4 is 4.90 Å². The third-order valence-corrected chi connectivity index (χ3v) is 4.24. The molecule has 0 radical (unpaired) electrons. The first-order valence-electron chi connectivity index (χ1n) is 7.28. The quantitative estimate of drug-likeness (QED) is 0.918. The second-order valence-electron chi connectivity index (χ2n) is 5.63. The number of carbonyl (C=O) groups is 1. The number of phenolic OH excluding ortho intramolecular Hbond substituents is 1. The van der Waals surface area contributed by atoms with E-state index in [0.717, 1.165) is 24.9 Å². The number of rotatable bonds is 2. The Hall–Kier alpha value is -2.29. The van der Waals surface area contributed by atoms with E-state index in [1.165, 1.54) is 11.1 Å². The van der Waals surface area contributed by atoms with E-state index >= 15 is 0 Å². The molecule has 108 valence electrons. The minimum absolute atomic E-state index is 0.0206. The topological polar surface area (TPSA) is 40.5 Å². The molecule has 1 amide bonds. The Labute approximate surface area is 124 Å². The minimum Gasteiger partial charge on any atom is -0.508 e. The highest BCUT2D eigenvalue weighted by Gasteiger charge is 2.27. The highest BCUT2D eigenvalue weighted by atomic mass is 16.3. The van der Waals surface area contributed by atoms with Gasteiger partial charge in [-0.2, -0.15) is 0 Å². The Morgan fingerprint density at radius 2 is 1.90 bits per heavy atom. The molecule has 1 N–H and O–H groups in total. The Morgan fingerprint density at radius 3 is 2.67 bits per heavy atom.